The molecule has 1 aromatic heterocycles. The molecule has 0 radical (unpaired) electrons. The lowest BCUT2D eigenvalue weighted by atomic mass is 10.1. The topological polar surface area (TPSA) is 105 Å². The van der Waals surface area contributed by atoms with Crippen molar-refractivity contribution in [1.82, 2.24) is 15.0 Å². The van der Waals surface area contributed by atoms with Crippen molar-refractivity contribution in [2.45, 2.75) is 4.90 Å². The van der Waals surface area contributed by atoms with Crippen molar-refractivity contribution < 1.29 is 21.8 Å². The Morgan fingerprint density at radius 1 is 0.957 bits per heavy atom. The highest BCUT2D eigenvalue weighted by molar-refractivity contribution is 7.86. The predicted molar refractivity (Wildman–Crippen MR) is 76.8 cm³/mol. The second kappa shape index (κ2) is 5.48. The van der Waals surface area contributed by atoms with Crippen LogP contribution in [0.4, 0.5) is 20.4 Å². The molecule has 0 aliphatic carbocycles. The van der Waals surface area contributed by atoms with Crippen molar-refractivity contribution in [3.63, 3.8) is 0 Å². The number of benzene rings is 2. The van der Waals surface area contributed by atoms with E-state index in [0.29, 0.717) is 10.8 Å². The van der Waals surface area contributed by atoms with Gasteiger partial charge in [-0.25, -0.2) is 0 Å². The molecule has 0 unspecified atom stereocenters. The number of hydrogen-bond donors (Lipinski definition) is 2. The first kappa shape index (κ1) is 15.2. The van der Waals surface area contributed by atoms with Crippen molar-refractivity contribution in [3.8, 4) is 0 Å². The van der Waals surface area contributed by atoms with Gasteiger partial charge in [-0.15, -0.1) is 0 Å². The molecule has 0 aliphatic rings. The smallest absolute Gasteiger partial charge is 0.315 e. The summed E-state index contributed by atoms with van der Waals surface area (Å²) < 4.78 is 58.6. The average Bonchev–Trinajstić information content (AvgIpc) is 2.45. The number of nitrogens with one attached hydrogen (secondary N) is 1. The van der Waals surface area contributed by atoms with E-state index in [1.165, 1.54) is 6.07 Å². The largest absolute Gasteiger partial charge is 0.322 e. The van der Waals surface area contributed by atoms with E-state index in [-0.39, 0.29) is 5.69 Å². The van der Waals surface area contributed by atoms with Crippen molar-refractivity contribution in [3.05, 3.63) is 48.6 Å². The van der Waals surface area contributed by atoms with Crippen LogP contribution in [0, 0.1) is 12.2 Å². The molecule has 0 fully saturated rings. The van der Waals surface area contributed by atoms with Gasteiger partial charge in [0.1, 0.15) is 4.90 Å². The number of rotatable bonds is 3. The van der Waals surface area contributed by atoms with Crippen LogP contribution in [-0.4, -0.2) is 27.9 Å². The normalized spacial score (nSPS) is 11.6. The molecule has 2 N–H and O–H groups in total. The molecule has 0 bridgehead atoms. The molecule has 0 amide bonds. The van der Waals surface area contributed by atoms with Gasteiger partial charge in [-0.1, -0.05) is 30.3 Å². The van der Waals surface area contributed by atoms with Gasteiger partial charge in [-0.2, -0.15) is 32.2 Å². The summed E-state index contributed by atoms with van der Waals surface area (Å²) in [6.07, 6.45) is -2.73. The lowest BCUT2D eigenvalue weighted by molar-refractivity contribution is 0.458. The molecule has 0 saturated heterocycles. The number of fused-ring (bicyclic) bond motifs is 1. The SMILES string of the molecule is O=S(=O)(O)c1ccc2ccccc2c1Nc1nc(F)nc(F)n1. The molecule has 3 aromatic rings. The molecule has 0 spiro atoms. The minimum absolute atomic E-state index is 0.101. The Hall–Kier alpha value is -2.72. The zero-order valence-corrected chi connectivity index (χ0v) is 12.1. The Kier molecular flexibility index (Phi) is 3.62. The fourth-order valence-corrected chi connectivity index (χ4v) is 2.75. The van der Waals surface area contributed by atoms with E-state index in [0.717, 1.165) is 6.07 Å². The maximum Gasteiger partial charge on any atom is 0.315 e. The van der Waals surface area contributed by atoms with Gasteiger partial charge in [-0.3, -0.25) is 4.55 Å². The van der Waals surface area contributed by atoms with E-state index in [1.807, 2.05) is 0 Å². The lowest BCUT2D eigenvalue weighted by Gasteiger charge is -2.12. The van der Waals surface area contributed by atoms with Crippen LogP contribution in [-0.2, 0) is 10.1 Å². The molecular formula is C13H8F2N4O3S. The fraction of sp³-hybridized carbons (Fsp3) is 0. The first-order valence-corrected chi connectivity index (χ1v) is 7.62. The van der Waals surface area contributed by atoms with Gasteiger partial charge in [0.25, 0.3) is 10.1 Å². The summed E-state index contributed by atoms with van der Waals surface area (Å²) in [6.45, 7) is 0. The third-order valence-electron chi connectivity index (χ3n) is 2.99. The fourth-order valence-electron chi connectivity index (χ4n) is 2.09. The Morgan fingerprint density at radius 3 is 2.26 bits per heavy atom. The first-order valence-electron chi connectivity index (χ1n) is 6.18. The Labute approximate surface area is 128 Å². The molecule has 1 heterocycles. The van der Waals surface area contributed by atoms with Crippen LogP contribution >= 0.6 is 0 Å². The van der Waals surface area contributed by atoms with Gasteiger partial charge in [0.05, 0.1) is 5.69 Å². The van der Waals surface area contributed by atoms with E-state index in [2.05, 4.69) is 20.3 Å². The quantitative estimate of drug-likeness (QED) is 0.706. The van der Waals surface area contributed by atoms with Crippen LogP contribution < -0.4 is 5.32 Å². The Bertz CT molecular complexity index is 991. The average molecular weight is 338 g/mol. The van der Waals surface area contributed by atoms with Gasteiger partial charge >= 0.3 is 12.2 Å². The summed E-state index contributed by atoms with van der Waals surface area (Å²) >= 11 is 0. The van der Waals surface area contributed by atoms with Crippen molar-refractivity contribution in [2.24, 2.45) is 0 Å². The molecule has 0 atom stereocenters. The highest BCUT2D eigenvalue weighted by atomic mass is 32.2. The van der Waals surface area contributed by atoms with Crippen LogP contribution in [0.3, 0.4) is 0 Å². The van der Waals surface area contributed by atoms with Crippen LogP contribution in [0.25, 0.3) is 10.8 Å². The van der Waals surface area contributed by atoms with E-state index >= 15 is 0 Å². The molecule has 23 heavy (non-hydrogen) atoms. The van der Waals surface area contributed by atoms with Crippen LogP contribution in [0.2, 0.25) is 0 Å². The maximum absolute atomic E-state index is 13.1. The molecule has 0 saturated carbocycles. The number of anilines is 2. The first-order chi connectivity index (χ1) is 10.8. The molecule has 118 valence electrons. The summed E-state index contributed by atoms with van der Waals surface area (Å²) in [4.78, 5) is 8.76. The number of aromatic nitrogens is 3. The van der Waals surface area contributed by atoms with Crippen molar-refractivity contribution in [2.75, 3.05) is 5.32 Å². The Morgan fingerprint density at radius 2 is 1.61 bits per heavy atom. The molecule has 2 aromatic carbocycles. The monoisotopic (exact) mass is 338 g/mol. The standard InChI is InChI=1S/C13H8F2N4O3S/c14-11-17-12(15)19-13(18-11)16-10-8-4-2-1-3-7(8)5-6-9(10)23(20,21)22/h1-6H,(H,20,21,22)(H,16,17,18,19). The zero-order chi connectivity index (χ0) is 16.6. The van der Waals surface area contributed by atoms with Crippen LogP contribution in [0.1, 0.15) is 0 Å². The third kappa shape index (κ3) is 3.07. The minimum atomic E-state index is -4.59. The second-order valence-corrected chi connectivity index (χ2v) is 5.85. The van der Waals surface area contributed by atoms with Crippen molar-refractivity contribution >= 4 is 32.5 Å². The summed E-state index contributed by atoms with van der Waals surface area (Å²) in [5.74, 6) is -0.531. The summed E-state index contributed by atoms with van der Waals surface area (Å²) in [7, 11) is -4.59. The van der Waals surface area contributed by atoms with Crippen molar-refractivity contribution in [1.29, 1.82) is 0 Å². The summed E-state index contributed by atoms with van der Waals surface area (Å²) in [5, 5.41) is 3.45. The van der Waals surface area contributed by atoms with Crippen LogP contribution in [0.15, 0.2) is 41.3 Å². The lowest BCUT2D eigenvalue weighted by Crippen LogP contribution is -2.08. The van der Waals surface area contributed by atoms with E-state index in [9.17, 15) is 21.8 Å². The van der Waals surface area contributed by atoms with Gasteiger partial charge < -0.3 is 5.32 Å². The van der Waals surface area contributed by atoms with Crippen LogP contribution in [0.5, 0.6) is 0 Å². The predicted octanol–water partition coefficient (Wildman–Crippen LogP) is 2.29. The molecule has 0 aliphatic heterocycles. The number of nitrogens with zero attached hydrogens (tertiary/aromatic N) is 3. The second-order valence-electron chi connectivity index (χ2n) is 4.46. The zero-order valence-electron chi connectivity index (χ0n) is 11.2. The van der Waals surface area contributed by atoms with Gasteiger partial charge in [0.2, 0.25) is 5.95 Å². The molecule has 3 rings (SSSR count). The highest BCUT2D eigenvalue weighted by Gasteiger charge is 2.19. The number of halogens is 2. The molecule has 7 nitrogen and oxygen atoms in total. The molecule has 10 heteroatoms. The molecular weight excluding hydrogens is 330 g/mol. The van der Waals surface area contributed by atoms with E-state index in [1.54, 1.807) is 24.3 Å². The van der Waals surface area contributed by atoms with Gasteiger partial charge in [-0.05, 0) is 11.5 Å². The maximum atomic E-state index is 13.1. The Balaban J connectivity index is 2.25. The van der Waals surface area contributed by atoms with Gasteiger partial charge in [0.15, 0.2) is 0 Å². The van der Waals surface area contributed by atoms with Gasteiger partial charge in [0, 0.05) is 5.39 Å². The minimum Gasteiger partial charge on any atom is -0.322 e. The summed E-state index contributed by atoms with van der Waals surface area (Å²) in [5.41, 5.74) is -0.101. The van der Waals surface area contributed by atoms with E-state index < -0.39 is 33.1 Å². The van der Waals surface area contributed by atoms with E-state index in [4.69, 9.17) is 0 Å². The number of hydrogen-bond acceptors (Lipinski definition) is 6. The summed E-state index contributed by atoms with van der Waals surface area (Å²) in [6, 6.07) is 9.27. The third-order valence-corrected chi connectivity index (χ3v) is 3.88. The highest BCUT2D eigenvalue weighted by Crippen LogP contribution is 2.32.